The lowest BCUT2D eigenvalue weighted by Gasteiger charge is -2.22. The van der Waals surface area contributed by atoms with E-state index in [1.165, 1.54) is 6.26 Å². The summed E-state index contributed by atoms with van der Waals surface area (Å²) >= 11 is 0. The Hall–Kier alpha value is -2.60. The van der Waals surface area contributed by atoms with Gasteiger partial charge in [-0.15, -0.1) is 0 Å². The zero-order valence-corrected chi connectivity index (χ0v) is 16.9. The number of carbonyl (C=O) groups excluding carboxylic acids is 1. The standard InChI is InChI=1S/C22H22O5S/c1-22(2)20(15-8-10-17(11-9-15)28(3,24)25)19(21(23)27-22)16-7-6-14-5-4-12-26-18(14)13-16/h6-11,13H,4-5,12H2,1-3H3. The molecule has 0 bridgehead atoms. The molecule has 2 aliphatic rings. The van der Waals surface area contributed by atoms with Crippen molar-refractivity contribution >= 4 is 27.0 Å². The first-order valence-corrected chi connectivity index (χ1v) is 11.1. The Kier molecular flexibility index (Phi) is 4.34. The fourth-order valence-corrected chi connectivity index (χ4v) is 4.49. The third kappa shape index (κ3) is 3.22. The van der Waals surface area contributed by atoms with E-state index in [0.29, 0.717) is 12.2 Å². The molecule has 146 valence electrons. The Morgan fingerprint density at radius 2 is 1.68 bits per heavy atom. The van der Waals surface area contributed by atoms with Crippen LogP contribution >= 0.6 is 0 Å². The number of fused-ring (bicyclic) bond motifs is 1. The first-order valence-electron chi connectivity index (χ1n) is 9.21. The van der Waals surface area contributed by atoms with Crippen LogP contribution in [0.25, 0.3) is 11.1 Å². The van der Waals surface area contributed by atoms with Crippen LogP contribution in [-0.4, -0.2) is 32.9 Å². The van der Waals surface area contributed by atoms with Crippen molar-refractivity contribution < 1.29 is 22.7 Å². The van der Waals surface area contributed by atoms with Crippen LogP contribution in [0.4, 0.5) is 0 Å². The van der Waals surface area contributed by atoms with Crippen LogP contribution in [0, 0.1) is 0 Å². The van der Waals surface area contributed by atoms with Gasteiger partial charge in [-0.3, -0.25) is 0 Å². The van der Waals surface area contributed by atoms with Crippen LogP contribution in [0.15, 0.2) is 47.4 Å². The number of carbonyl (C=O) groups is 1. The summed E-state index contributed by atoms with van der Waals surface area (Å²) in [5, 5.41) is 0. The van der Waals surface area contributed by atoms with Crippen LogP contribution in [0.3, 0.4) is 0 Å². The van der Waals surface area contributed by atoms with Gasteiger partial charge in [0.1, 0.15) is 11.4 Å². The summed E-state index contributed by atoms with van der Waals surface area (Å²) < 4.78 is 34.9. The minimum atomic E-state index is -3.29. The lowest BCUT2D eigenvalue weighted by molar-refractivity contribution is -0.141. The van der Waals surface area contributed by atoms with E-state index in [0.717, 1.165) is 40.9 Å². The molecule has 0 atom stereocenters. The molecule has 28 heavy (non-hydrogen) atoms. The van der Waals surface area contributed by atoms with Crippen molar-refractivity contribution in [1.82, 2.24) is 0 Å². The number of cyclic esters (lactones) is 1. The van der Waals surface area contributed by atoms with Crippen LogP contribution in [0.2, 0.25) is 0 Å². The maximum atomic E-state index is 12.8. The highest BCUT2D eigenvalue weighted by Gasteiger charge is 2.41. The van der Waals surface area contributed by atoms with Crippen molar-refractivity contribution in [2.75, 3.05) is 12.9 Å². The quantitative estimate of drug-likeness (QED) is 0.738. The highest BCUT2D eigenvalue weighted by Crippen LogP contribution is 2.44. The third-order valence-electron chi connectivity index (χ3n) is 5.18. The molecular formula is C22H22O5S. The van der Waals surface area contributed by atoms with Gasteiger partial charge in [0.25, 0.3) is 0 Å². The van der Waals surface area contributed by atoms with Gasteiger partial charge in [0.15, 0.2) is 9.84 Å². The number of hydrogen-bond acceptors (Lipinski definition) is 5. The van der Waals surface area contributed by atoms with E-state index >= 15 is 0 Å². The summed E-state index contributed by atoms with van der Waals surface area (Å²) in [5.41, 5.74) is 3.06. The molecule has 2 aromatic carbocycles. The molecule has 0 saturated carbocycles. The SMILES string of the molecule is CC1(C)OC(=O)C(c2ccc3c(c2)OCCC3)=C1c1ccc(S(C)(=O)=O)cc1. The van der Waals surface area contributed by atoms with E-state index in [1.54, 1.807) is 24.3 Å². The van der Waals surface area contributed by atoms with Crippen molar-refractivity contribution in [1.29, 1.82) is 0 Å². The van der Waals surface area contributed by atoms with Crippen LogP contribution < -0.4 is 4.74 Å². The molecule has 2 heterocycles. The molecule has 0 radical (unpaired) electrons. The molecule has 0 unspecified atom stereocenters. The van der Waals surface area contributed by atoms with Gasteiger partial charge in [-0.25, -0.2) is 13.2 Å². The summed E-state index contributed by atoms with van der Waals surface area (Å²) in [5.74, 6) is 0.420. The van der Waals surface area contributed by atoms with Gasteiger partial charge in [0.05, 0.1) is 17.1 Å². The molecule has 2 aliphatic heterocycles. The normalized spacial score (nSPS) is 18.5. The molecule has 0 aliphatic carbocycles. The number of rotatable bonds is 3. The number of aryl methyl sites for hydroxylation is 1. The average molecular weight is 398 g/mol. The minimum absolute atomic E-state index is 0.239. The first-order chi connectivity index (χ1) is 13.2. The Morgan fingerprint density at radius 3 is 2.36 bits per heavy atom. The predicted molar refractivity (Wildman–Crippen MR) is 107 cm³/mol. The summed E-state index contributed by atoms with van der Waals surface area (Å²) in [4.78, 5) is 13.0. The monoisotopic (exact) mass is 398 g/mol. The molecule has 4 rings (SSSR count). The maximum Gasteiger partial charge on any atom is 0.340 e. The molecule has 0 saturated heterocycles. The van der Waals surface area contributed by atoms with E-state index in [4.69, 9.17) is 9.47 Å². The molecule has 0 amide bonds. The number of esters is 1. The molecular weight excluding hydrogens is 376 g/mol. The van der Waals surface area contributed by atoms with E-state index < -0.39 is 15.4 Å². The molecule has 6 heteroatoms. The average Bonchev–Trinajstić information content (AvgIpc) is 2.89. The van der Waals surface area contributed by atoms with Crippen molar-refractivity contribution in [2.45, 2.75) is 37.2 Å². The number of ether oxygens (including phenoxy) is 2. The first kappa shape index (κ1) is 18.7. The van der Waals surface area contributed by atoms with Gasteiger partial charge in [-0.1, -0.05) is 24.3 Å². The second kappa shape index (κ2) is 6.48. The van der Waals surface area contributed by atoms with Crippen LogP contribution in [0.5, 0.6) is 5.75 Å². The maximum absolute atomic E-state index is 12.8. The Labute approximate surface area is 164 Å². The molecule has 0 spiro atoms. The zero-order chi connectivity index (χ0) is 20.1. The number of hydrogen-bond donors (Lipinski definition) is 0. The van der Waals surface area contributed by atoms with Crippen LogP contribution in [0.1, 0.15) is 37.0 Å². The lowest BCUT2D eigenvalue weighted by Crippen LogP contribution is -2.22. The van der Waals surface area contributed by atoms with Gasteiger partial charge in [-0.05, 0) is 61.6 Å². The predicted octanol–water partition coefficient (Wildman–Crippen LogP) is 3.66. The Balaban J connectivity index is 1.87. The molecule has 5 nitrogen and oxygen atoms in total. The topological polar surface area (TPSA) is 69.7 Å². The van der Waals surface area contributed by atoms with Crippen molar-refractivity contribution in [3.05, 3.63) is 59.2 Å². The van der Waals surface area contributed by atoms with Crippen molar-refractivity contribution in [2.24, 2.45) is 0 Å². The van der Waals surface area contributed by atoms with Gasteiger partial charge < -0.3 is 9.47 Å². The highest BCUT2D eigenvalue weighted by atomic mass is 32.2. The lowest BCUT2D eigenvalue weighted by atomic mass is 9.86. The Morgan fingerprint density at radius 1 is 1.00 bits per heavy atom. The number of sulfone groups is 1. The fraction of sp³-hybridized carbons (Fsp3) is 0.318. The number of benzene rings is 2. The molecule has 0 fully saturated rings. The van der Waals surface area contributed by atoms with E-state index in [-0.39, 0.29) is 10.9 Å². The van der Waals surface area contributed by atoms with Crippen molar-refractivity contribution in [3.8, 4) is 5.75 Å². The Bertz CT molecular complexity index is 1090. The second-order valence-electron chi connectivity index (χ2n) is 7.72. The molecule has 0 N–H and O–H groups in total. The van der Waals surface area contributed by atoms with Gasteiger partial charge in [0.2, 0.25) is 0 Å². The smallest absolute Gasteiger partial charge is 0.340 e. The highest BCUT2D eigenvalue weighted by molar-refractivity contribution is 7.90. The van der Waals surface area contributed by atoms with Crippen LogP contribution in [-0.2, 0) is 25.8 Å². The van der Waals surface area contributed by atoms with Gasteiger partial charge >= 0.3 is 5.97 Å². The van der Waals surface area contributed by atoms with E-state index in [1.807, 2.05) is 32.0 Å². The summed E-state index contributed by atoms with van der Waals surface area (Å²) in [6.07, 6.45) is 3.12. The van der Waals surface area contributed by atoms with Crippen molar-refractivity contribution in [3.63, 3.8) is 0 Å². The van der Waals surface area contributed by atoms with Gasteiger partial charge in [0, 0.05) is 11.8 Å². The summed E-state index contributed by atoms with van der Waals surface area (Å²) in [6.45, 7) is 4.35. The van der Waals surface area contributed by atoms with Gasteiger partial charge in [-0.2, -0.15) is 0 Å². The third-order valence-corrected chi connectivity index (χ3v) is 6.31. The summed E-state index contributed by atoms with van der Waals surface area (Å²) in [6, 6.07) is 12.4. The largest absolute Gasteiger partial charge is 0.493 e. The van der Waals surface area contributed by atoms with E-state index in [2.05, 4.69) is 0 Å². The van der Waals surface area contributed by atoms with E-state index in [9.17, 15) is 13.2 Å². The fourth-order valence-electron chi connectivity index (χ4n) is 3.86. The molecule has 2 aromatic rings. The second-order valence-corrected chi connectivity index (χ2v) is 9.74. The zero-order valence-electron chi connectivity index (χ0n) is 16.1. The minimum Gasteiger partial charge on any atom is -0.493 e. The summed E-state index contributed by atoms with van der Waals surface area (Å²) in [7, 11) is -3.29. The molecule has 0 aromatic heterocycles.